The van der Waals surface area contributed by atoms with Gasteiger partial charge < -0.3 is 14.2 Å². The Kier molecular flexibility index (Phi) is 10.4. The van der Waals surface area contributed by atoms with Crippen molar-refractivity contribution in [1.29, 1.82) is 0 Å². The summed E-state index contributed by atoms with van der Waals surface area (Å²) in [6, 6.07) is 5.84. The summed E-state index contributed by atoms with van der Waals surface area (Å²) < 4.78 is 54.0. The Labute approximate surface area is 186 Å². The SMILES string of the molecule is CCCCCCCOc1cnc(-c2ccc(C(=O)OC(COCC)C(F)(F)F)cc2)nc1. The van der Waals surface area contributed by atoms with Crippen LogP contribution in [0.3, 0.4) is 0 Å². The van der Waals surface area contributed by atoms with E-state index >= 15 is 0 Å². The summed E-state index contributed by atoms with van der Waals surface area (Å²) in [5.74, 6) is -0.108. The fraction of sp³-hybridized carbons (Fsp3) is 0.522. The maximum Gasteiger partial charge on any atom is 0.427 e. The number of alkyl halides is 3. The van der Waals surface area contributed by atoms with Crippen LogP contribution in [0.5, 0.6) is 5.75 Å². The number of aromatic nitrogens is 2. The molecule has 2 rings (SSSR count). The van der Waals surface area contributed by atoms with Crippen LogP contribution in [0.4, 0.5) is 13.2 Å². The van der Waals surface area contributed by atoms with Gasteiger partial charge in [-0.05, 0) is 25.5 Å². The van der Waals surface area contributed by atoms with E-state index in [1.165, 1.54) is 31.4 Å². The van der Waals surface area contributed by atoms with Gasteiger partial charge >= 0.3 is 12.1 Å². The molecule has 1 unspecified atom stereocenters. The molecule has 1 aromatic carbocycles. The lowest BCUT2D eigenvalue weighted by Gasteiger charge is -2.20. The van der Waals surface area contributed by atoms with E-state index in [1.54, 1.807) is 31.5 Å². The van der Waals surface area contributed by atoms with Crippen molar-refractivity contribution in [3.63, 3.8) is 0 Å². The molecule has 0 N–H and O–H groups in total. The van der Waals surface area contributed by atoms with Crippen molar-refractivity contribution in [3.05, 3.63) is 42.2 Å². The first-order valence-electron chi connectivity index (χ1n) is 10.8. The fourth-order valence-electron chi connectivity index (χ4n) is 2.81. The Morgan fingerprint density at radius 3 is 2.25 bits per heavy atom. The van der Waals surface area contributed by atoms with E-state index in [0.717, 1.165) is 12.8 Å². The minimum atomic E-state index is -4.71. The van der Waals surface area contributed by atoms with Gasteiger partial charge in [-0.2, -0.15) is 13.2 Å². The Morgan fingerprint density at radius 1 is 1.00 bits per heavy atom. The summed E-state index contributed by atoms with van der Waals surface area (Å²) in [5, 5.41) is 0. The lowest BCUT2D eigenvalue weighted by molar-refractivity contribution is -0.217. The number of rotatable bonds is 13. The summed E-state index contributed by atoms with van der Waals surface area (Å²) in [7, 11) is 0. The zero-order valence-corrected chi connectivity index (χ0v) is 18.4. The van der Waals surface area contributed by atoms with Crippen LogP contribution in [0, 0.1) is 0 Å². The average Bonchev–Trinajstić information content (AvgIpc) is 2.78. The number of benzene rings is 1. The van der Waals surface area contributed by atoms with Crippen molar-refractivity contribution in [2.24, 2.45) is 0 Å². The van der Waals surface area contributed by atoms with Crippen molar-refractivity contribution in [2.45, 2.75) is 58.2 Å². The molecular weight excluding hydrogens is 425 g/mol. The quantitative estimate of drug-likeness (QED) is 0.289. The average molecular weight is 454 g/mol. The van der Waals surface area contributed by atoms with E-state index < -0.39 is 24.9 Å². The highest BCUT2D eigenvalue weighted by Gasteiger charge is 2.43. The Morgan fingerprint density at radius 2 is 1.66 bits per heavy atom. The fourth-order valence-corrected chi connectivity index (χ4v) is 2.81. The van der Waals surface area contributed by atoms with Crippen molar-refractivity contribution in [3.8, 4) is 17.1 Å². The van der Waals surface area contributed by atoms with Gasteiger partial charge in [0.1, 0.15) is 0 Å². The maximum absolute atomic E-state index is 13.0. The molecule has 0 radical (unpaired) electrons. The van der Waals surface area contributed by atoms with Crippen LogP contribution in [-0.4, -0.2) is 48.0 Å². The molecule has 0 saturated carbocycles. The Hall–Kier alpha value is -2.68. The second kappa shape index (κ2) is 13.0. The van der Waals surface area contributed by atoms with E-state index in [0.29, 0.717) is 23.7 Å². The number of hydrogen-bond donors (Lipinski definition) is 0. The second-order valence-electron chi connectivity index (χ2n) is 7.18. The Bertz CT molecular complexity index is 811. The molecule has 0 spiro atoms. The highest BCUT2D eigenvalue weighted by Crippen LogP contribution is 2.25. The third-order valence-electron chi connectivity index (χ3n) is 4.61. The molecule has 0 amide bonds. The predicted octanol–water partition coefficient (Wildman–Crippen LogP) is 5.62. The lowest BCUT2D eigenvalue weighted by atomic mass is 10.1. The van der Waals surface area contributed by atoms with Gasteiger partial charge in [0.15, 0.2) is 11.6 Å². The van der Waals surface area contributed by atoms with Crippen LogP contribution < -0.4 is 4.74 Å². The van der Waals surface area contributed by atoms with Crippen LogP contribution in [-0.2, 0) is 9.47 Å². The summed E-state index contributed by atoms with van der Waals surface area (Å²) in [6.45, 7) is 3.67. The van der Waals surface area contributed by atoms with Crippen LogP contribution in [0.1, 0.15) is 56.3 Å². The van der Waals surface area contributed by atoms with Crippen molar-refractivity contribution in [1.82, 2.24) is 9.97 Å². The van der Waals surface area contributed by atoms with Gasteiger partial charge in [0.25, 0.3) is 0 Å². The smallest absolute Gasteiger partial charge is 0.427 e. The minimum absolute atomic E-state index is 0.0116. The number of halogens is 3. The molecule has 176 valence electrons. The lowest BCUT2D eigenvalue weighted by Crippen LogP contribution is -2.37. The predicted molar refractivity (Wildman–Crippen MR) is 113 cm³/mol. The highest BCUT2D eigenvalue weighted by atomic mass is 19.4. The van der Waals surface area contributed by atoms with Crippen LogP contribution in [0.2, 0.25) is 0 Å². The van der Waals surface area contributed by atoms with E-state index in [9.17, 15) is 18.0 Å². The van der Waals surface area contributed by atoms with Gasteiger partial charge in [-0.1, -0.05) is 44.7 Å². The molecule has 2 aromatic rings. The van der Waals surface area contributed by atoms with Crippen LogP contribution in [0.25, 0.3) is 11.4 Å². The van der Waals surface area contributed by atoms with E-state index in [2.05, 4.69) is 21.6 Å². The van der Waals surface area contributed by atoms with Crippen molar-refractivity contribution in [2.75, 3.05) is 19.8 Å². The molecule has 6 nitrogen and oxygen atoms in total. The number of esters is 1. The zero-order valence-electron chi connectivity index (χ0n) is 18.4. The monoisotopic (exact) mass is 454 g/mol. The van der Waals surface area contributed by atoms with Gasteiger partial charge in [-0.3, -0.25) is 0 Å². The minimum Gasteiger partial charge on any atom is -0.490 e. The topological polar surface area (TPSA) is 70.5 Å². The van der Waals surface area contributed by atoms with Crippen LogP contribution >= 0.6 is 0 Å². The van der Waals surface area contributed by atoms with Gasteiger partial charge in [-0.25, -0.2) is 14.8 Å². The van der Waals surface area contributed by atoms with Gasteiger partial charge in [0.2, 0.25) is 6.10 Å². The molecule has 0 aliphatic rings. The second-order valence-corrected chi connectivity index (χ2v) is 7.18. The van der Waals surface area contributed by atoms with Crippen molar-refractivity contribution >= 4 is 5.97 Å². The third kappa shape index (κ3) is 8.45. The molecule has 32 heavy (non-hydrogen) atoms. The molecule has 0 bridgehead atoms. The van der Waals surface area contributed by atoms with Crippen molar-refractivity contribution < 1.29 is 32.2 Å². The first-order chi connectivity index (χ1) is 15.3. The maximum atomic E-state index is 13.0. The molecule has 0 aliphatic carbocycles. The summed E-state index contributed by atoms with van der Waals surface area (Å²) >= 11 is 0. The zero-order chi connectivity index (χ0) is 23.4. The number of carbonyl (C=O) groups is 1. The number of hydrogen-bond acceptors (Lipinski definition) is 6. The highest BCUT2D eigenvalue weighted by molar-refractivity contribution is 5.90. The first-order valence-corrected chi connectivity index (χ1v) is 10.8. The van der Waals surface area contributed by atoms with Gasteiger partial charge in [0, 0.05) is 12.2 Å². The van der Waals surface area contributed by atoms with E-state index in [-0.39, 0.29) is 12.2 Å². The number of nitrogens with zero attached hydrogens (tertiary/aromatic N) is 2. The number of unbranched alkanes of at least 4 members (excludes halogenated alkanes) is 4. The Balaban J connectivity index is 1.91. The molecule has 1 atom stereocenters. The molecular formula is C23H29F3N2O4. The number of carbonyl (C=O) groups excluding carboxylic acids is 1. The summed E-state index contributed by atoms with van der Waals surface area (Å²) in [6.07, 6.45) is 1.81. The van der Waals surface area contributed by atoms with Gasteiger partial charge in [-0.15, -0.1) is 0 Å². The van der Waals surface area contributed by atoms with Crippen LogP contribution in [0.15, 0.2) is 36.7 Å². The van der Waals surface area contributed by atoms with Gasteiger partial charge in [0.05, 0.1) is 31.2 Å². The molecule has 1 heterocycles. The van der Waals surface area contributed by atoms with E-state index in [4.69, 9.17) is 9.47 Å². The molecule has 9 heteroatoms. The normalized spacial score (nSPS) is 12.4. The molecule has 0 fully saturated rings. The summed E-state index contributed by atoms with van der Waals surface area (Å²) in [4.78, 5) is 20.6. The van der Waals surface area contributed by atoms with E-state index in [1.807, 2.05) is 0 Å². The summed E-state index contributed by atoms with van der Waals surface area (Å²) in [5.41, 5.74) is 0.594. The largest absolute Gasteiger partial charge is 0.490 e. The number of ether oxygens (including phenoxy) is 3. The molecule has 0 aliphatic heterocycles. The molecule has 0 saturated heterocycles. The molecule has 1 aromatic heterocycles. The first kappa shape index (κ1) is 25.6. The third-order valence-corrected chi connectivity index (χ3v) is 4.61. The standard InChI is InChI=1S/C23H29F3N2O4/c1-3-5-6-7-8-13-31-19-14-27-21(28-15-19)17-9-11-18(12-10-17)22(29)32-20(16-30-4-2)23(24,25)26/h9-12,14-15,20H,3-8,13,16H2,1-2H3.